The smallest absolute Gasteiger partial charge is 0.000788 e. The van der Waals surface area contributed by atoms with E-state index in [0.717, 1.165) is 5.92 Å². The van der Waals surface area contributed by atoms with Crippen molar-refractivity contribution in [3.63, 3.8) is 0 Å². The van der Waals surface area contributed by atoms with Crippen LogP contribution in [0.3, 0.4) is 0 Å². The molecule has 0 bridgehead atoms. The van der Waals surface area contributed by atoms with Crippen LogP contribution in [0, 0.1) is 11.3 Å². The zero-order valence-corrected chi connectivity index (χ0v) is 20.6. The molecule has 29 heavy (non-hydrogen) atoms. The lowest BCUT2D eigenvalue weighted by atomic mass is 9.85. The minimum Gasteiger partial charge on any atom is -0.319 e. The van der Waals surface area contributed by atoms with Crippen LogP contribution in [0.1, 0.15) is 142 Å². The summed E-state index contributed by atoms with van der Waals surface area (Å²) in [6.07, 6.45) is 28.4. The highest BCUT2D eigenvalue weighted by Crippen LogP contribution is 2.50. The fraction of sp³-hybridized carbons (Fsp3) is 0.929. The fourth-order valence-electron chi connectivity index (χ4n) is 5.11. The molecule has 1 aliphatic carbocycles. The summed E-state index contributed by atoms with van der Waals surface area (Å²) in [4.78, 5) is 0. The molecule has 0 spiro atoms. The van der Waals surface area contributed by atoms with E-state index in [4.69, 9.17) is 0 Å². The lowest BCUT2D eigenvalue weighted by Gasteiger charge is -2.22. The zero-order valence-electron chi connectivity index (χ0n) is 20.6. The average Bonchev–Trinajstić information content (AvgIpc) is 3.45. The molecule has 1 fully saturated rings. The molecule has 0 saturated heterocycles. The summed E-state index contributed by atoms with van der Waals surface area (Å²) in [5.41, 5.74) is 2.13. The Kier molecular flexibility index (Phi) is 16.0. The van der Waals surface area contributed by atoms with E-state index in [-0.39, 0.29) is 0 Å². The molecular weight excluding hydrogens is 350 g/mol. The summed E-state index contributed by atoms with van der Waals surface area (Å²) in [5, 5.41) is 3.41. The topological polar surface area (TPSA) is 12.0 Å². The molecule has 1 N–H and O–H groups in total. The molecule has 1 saturated carbocycles. The Labute approximate surface area is 184 Å². The van der Waals surface area contributed by atoms with Gasteiger partial charge in [-0.2, -0.15) is 0 Å². The van der Waals surface area contributed by atoms with Crippen LogP contribution >= 0.6 is 0 Å². The van der Waals surface area contributed by atoms with Crippen LogP contribution in [0.4, 0.5) is 0 Å². The van der Waals surface area contributed by atoms with Crippen molar-refractivity contribution in [1.29, 1.82) is 0 Å². The Morgan fingerprint density at radius 3 is 1.62 bits per heavy atom. The predicted octanol–water partition coefficient (Wildman–Crippen LogP) is 9.22. The Balaban J connectivity index is 2.26. The molecule has 172 valence electrons. The van der Waals surface area contributed by atoms with Crippen molar-refractivity contribution in [3.8, 4) is 0 Å². The quantitative estimate of drug-likeness (QED) is 0.140. The van der Waals surface area contributed by atoms with Gasteiger partial charge in [-0.3, -0.25) is 0 Å². The van der Waals surface area contributed by atoms with Gasteiger partial charge in [-0.05, 0) is 44.1 Å². The summed E-state index contributed by atoms with van der Waals surface area (Å²) in [7, 11) is 2.10. The third kappa shape index (κ3) is 14.4. The highest BCUT2D eigenvalue weighted by Gasteiger charge is 2.41. The van der Waals surface area contributed by atoms with Gasteiger partial charge in [0.05, 0.1) is 0 Å². The molecule has 0 radical (unpaired) electrons. The van der Waals surface area contributed by atoms with Crippen molar-refractivity contribution in [2.75, 3.05) is 13.6 Å². The minimum absolute atomic E-state index is 0.578. The first-order chi connectivity index (χ1) is 14.2. The van der Waals surface area contributed by atoms with E-state index >= 15 is 0 Å². The number of hydrogen-bond donors (Lipinski definition) is 1. The maximum absolute atomic E-state index is 4.53. The largest absolute Gasteiger partial charge is 0.319 e. The van der Waals surface area contributed by atoms with Crippen LogP contribution in [0.15, 0.2) is 12.2 Å². The monoisotopic (exact) mass is 405 g/mol. The van der Waals surface area contributed by atoms with Gasteiger partial charge in [-0.1, -0.05) is 129 Å². The van der Waals surface area contributed by atoms with E-state index in [1.807, 2.05) is 0 Å². The zero-order chi connectivity index (χ0) is 21.2. The van der Waals surface area contributed by atoms with Gasteiger partial charge in [-0.25, -0.2) is 0 Å². The van der Waals surface area contributed by atoms with E-state index in [1.54, 1.807) is 5.57 Å². The Hall–Kier alpha value is -0.300. The average molecular weight is 406 g/mol. The number of nitrogens with one attached hydrogen (secondary N) is 1. The number of unbranched alkanes of at least 4 members (excludes halogenated alkanes) is 12. The number of allylic oxidation sites excluding steroid dienone is 1. The molecule has 1 heteroatoms. The second-order valence-corrected chi connectivity index (χ2v) is 10.3. The van der Waals surface area contributed by atoms with Crippen molar-refractivity contribution < 1.29 is 0 Å². The van der Waals surface area contributed by atoms with E-state index in [9.17, 15) is 0 Å². The number of rotatable bonds is 22. The highest BCUT2D eigenvalue weighted by molar-refractivity contribution is 5.08. The van der Waals surface area contributed by atoms with Gasteiger partial charge in [0.1, 0.15) is 0 Å². The predicted molar refractivity (Wildman–Crippen MR) is 133 cm³/mol. The van der Waals surface area contributed by atoms with Crippen molar-refractivity contribution >= 4 is 0 Å². The maximum atomic E-state index is 4.53. The van der Waals surface area contributed by atoms with E-state index in [0.29, 0.717) is 5.41 Å². The third-order valence-electron chi connectivity index (χ3n) is 7.14. The van der Waals surface area contributed by atoms with Crippen LogP contribution in [0.5, 0.6) is 0 Å². The van der Waals surface area contributed by atoms with Crippen molar-refractivity contribution in [2.45, 2.75) is 142 Å². The first-order valence-corrected chi connectivity index (χ1v) is 13.5. The summed E-state index contributed by atoms with van der Waals surface area (Å²) in [5.74, 6) is 0.902. The third-order valence-corrected chi connectivity index (χ3v) is 7.14. The lowest BCUT2D eigenvalue weighted by Crippen LogP contribution is -2.20. The van der Waals surface area contributed by atoms with Gasteiger partial charge < -0.3 is 5.32 Å². The lowest BCUT2D eigenvalue weighted by molar-refractivity contribution is 0.384. The molecule has 1 aliphatic rings. The molecule has 0 aromatic carbocycles. The maximum Gasteiger partial charge on any atom is 0.000788 e. The van der Waals surface area contributed by atoms with Gasteiger partial charge in [0.2, 0.25) is 0 Å². The normalized spacial score (nSPS) is 15.2. The standard InChI is InChI=1S/C28H55N/c1-5-7-9-11-13-15-17-19-27(20-18-16-14-12-10-8-6-2)23-26(3)24-28(21-22-28)25-29-4/h27,29H,3,5-25H2,1-2,4H3. The van der Waals surface area contributed by atoms with Crippen LogP contribution in [-0.2, 0) is 0 Å². The molecule has 1 rings (SSSR count). The Morgan fingerprint density at radius 2 is 1.21 bits per heavy atom. The molecule has 0 heterocycles. The molecule has 0 amide bonds. The highest BCUT2D eigenvalue weighted by atomic mass is 14.8. The van der Waals surface area contributed by atoms with Crippen LogP contribution in [-0.4, -0.2) is 13.6 Å². The summed E-state index contributed by atoms with van der Waals surface area (Å²) in [6, 6.07) is 0. The first kappa shape index (κ1) is 26.7. The molecule has 0 aromatic heterocycles. The van der Waals surface area contributed by atoms with Crippen LogP contribution in [0.2, 0.25) is 0 Å². The van der Waals surface area contributed by atoms with E-state index in [1.165, 1.54) is 135 Å². The van der Waals surface area contributed by atoms with E-state index < -0.39 is 0 Å². The second-order valence-electron chi connectivity index (χ2n) is 10.3. The fourth-order valence-corrected chi connectivity index (χ4v) is 5.11. The number of hydrogen-bond acceptors (Lipinski definition) is 1. The SMILES string of the molecule is C=C(CC(CCCCCCCCC)CCCCCCCCC)CC1(CNC)CC1. The molecule has 0 aromatic rings. The van der Waals surface area contributed by atoms with Gasteiger partial charge in [0, 0.05) is 6.54 Å². The van der Waals surface area contributed by atoms with Crippen molar-refractivity contribution in [2.24, 2.45) is 11.3 Å². The summed E-state index contributed by atoms with van der Waals surface area (Å²) < 4.78 is 0. The van der Waals surface area contributed by atoms with Crippen LogP contribution < -0.4 is 5.32 Å². The summed E-state index contributed by atoms with van der Waals surface area (Å²) >= 11 is 0. The van der Waals surface area contributed by atoms with Gasteiger partial charge >= 0.3 is 0 Å². The van der Waals surface area contributed by atoms with Gasteiger partial charge in [0.15, 0.2) is 0 Å². The molecule has 0 unspecified atom stereocenters. The van der Waals surface area contributed by atoms with Gasteiger partial charge in [-0.15, -0.1) is 0 Å². The Morgan fingerprint density at radius 1 is 0.759 bits per heavy atom. The van der Waals surface area contributed by atoms with Crippen molar-refractivity contribution in [1.82, 2.24) is 5.32 Å². The molecule has 0 atom stereocenters. The molecular formula is C28H55N. The van der Waals surface area contributed by atoms with E-state index in [2.05, 4.69) is 32.8 Å². The molecule has 1 nitrogen and oxygen atoms in total. The van der Waals surface area contributed by atoms with Gasteiger partial charge in [0.25, 0.3) is 0 Å². The second kappa shape index (κ2) is 17.4. The first-order valence-electron chi connectivity index (χ1n) is 13.5. The Bertz CT molecular complexity index is 364. The molecule has 0 aliphatic heterocycles. The summed E-state index contributed by atoms with van der Waals surface area (Å²) in [6.45, 7) is 10.3. The van der Waals surface area contributed by atoms with Crippen molar-refractivity contribution in [3.05, 3.63) is 12.2 Å². The van der Waals surface area contributed by atoms with Crippen LogP contribution in [0.25, 0.3) is 0 Å². The minimum atomic E-state index is 0.578.